The lowest BCUT2D eigenvalue weighted by Gasteiger charge is -2.22. The lowest BCUT2D eigenvalue weighted by molar-refractivity contribution is 0.0948. The van der Waals surface area contributed by atoms with E-state index in [0.717, 1.165) is 5.01 Å². The van der Waals surface area contributed by atoms with Gasteiger partial charge in [0.15, 0.2) is 0 Å². The Bertz CT molecular complexity index is 439. The average Bonchev–Trinajstić information content (AvgIpc) is 2.71. The summed E-state index contributed by atoms with van der Waals surface area (Å²) >= 11 is 1.33. The van der Waals surface area contributed by atoms with Gasteiger partial charge in [-0.1, -0.05) is 19.0 Å². The van der Waals surface area contributed by atoms with Crippen LogP contribution < -0.4 is 11.1 Å². The summed E-state index contributed by atoms with van der Waals surface area (Å²) in [7, 11) is 0. The molecule has 1 amide bonds. The molecule has 1 heterocycles. The predicted molar refractivity (Wildman–Crippen MR) is 66.4 cm³/mol. The van der Waals surface area contributed by atoms with Crippen LogP contribution in [0, 0.1) is 12.3 Å². The van der Waals surface area contributed by atoms with Crippen molar-refractivity contribution >= 4 is 23.1 Å². The maximum absolute atomic E-state index is 11.7. The van der Waals surface area contributed by atoms with E-state index in [9.17, 15) is 4.79 Å². The number of thiazole rings is 1. The monoisotopic (exact) mass is 256 g/mol. The van der Waals surface area contributed by atoms with Gasteiger partial charge in [-0.2, -0.15) is 0 Å². The highest BCUT2D eigenvalue weighted by molar-refractivity contribution is 7.13. The molecule has 94 valence electrons. The molecule has 7 heteroatoms. The topological polar surface area (TPSA) is 101 Å². The van der Waals surface area contributed by atoms with Gasteiger partial charge in [-0.3, -0.25) is 4.79 Å². The first-order chi connectivity index (χ1) is 7.86. The Balaban J connectivity index is 2.60. The Morgan fingerprint density at radius 3 is 2.82 bits per heavy atom. The molecule has 0 radical (unpaired) electrons. The van der Waals surface area contributed by atoms with Crippen LogP contribution in [0.25, 0.3) is 0 Å². The minimum Gasteiger partial charge on any atom is -0.409 e. The molecule has 0 saturated carbocycles. The third-order valence-corrected chi connectivity index (χ3v) is 3.25. The Hall–Kier alpha value is -1.63. The molecule has 0 fully saturated rings. The number of rotatable bonds is 4. The molecular weight excluding hydrogens is 240 g/mol. The van der Waals surface area contributed by atoms with Crippen molar-refractivity contribution in [2.24, 2.45) is 16.3 Å². The number of carbonyl (C=O) groups excluding carboxylic acids is 1. The van der Waals surface area contributed by atoms with E-state index in [1.54, 1.807) is 13.8 Å². The molecule has 0 spiro atoms. The third-order valence-electron chi connectivity index (χ3n) is 2.34. The molecule has 0 unspecified atom stereocenters. The maximum atomic E-state index is 11.7. The molecule has 0 aromatic carbocycles. The first kappa shape index (κ1) is 13.4. The summed E-state index contributed by atoms with van der Waals surface area (Å²) in [6.45, 7) is 5.68. The van der Waals surface area contributed by atoms with E-state index in [2.05, 4.69) is 15.5 Å². The fourth-order valence-corrected chi connectivity index (χ4v) is 1.77. The molecule has 1 aromatic heterocycles. The summed E-state index contributed by atoms with van der Waals surface area (Å²) in [5, 5.41) is 15.1. The lowest BCUT2D eigenvalue weighted by atomic mass is 9.92. The predicted octanol–water partition coefficient (Wildman–Crippen LogP) is 0.954. The summed E-state index contributed by atoms with van der Waals surface area (Å²) in [5.74, 6) is -0.118. The number of oxime groups is 1. The zero-order valence-electron chi connectivity index (χ0n) is 10.0. The largest absolute Gasteiger partial charge is 0.409 e. The summed E-state index contributed by atoms with van der Waals surface area (Å²) < 4.78 is 0. The fourth-order valence-electron chi connectivity index (χ4n) is 1.08. The van der Waals surface area contributed by atoms with Gasteiger partial charge in [0.05, 0.1) is 11.2 Å². The summed E-state index contributed by atoms with van der Waals surface area (Å²) in [6, 6.07) is 0. The van der Waals surface area contributed by atoms with Crippen molar-refractivity contribution in [1.82, 2.24) is 10.3 Å². The number of nitrogens with zero attached hydrogens (tertiary/aromatic N) is 2. The molecule has 0 aliphatic rings. The first-order valence-electron chi connectivity index (χ1n) is 5.05. The fraction of sp³-hybridized carbons (Fsp3) is 0.500. The number of nitrogens with one attached hydrogen (secondary N) is 1. The Morgan fingerprint density at radius 2 is 2.35 bits per heavy atom. The number of amides is 1. The van der Waals surface area contributed by atoms with Gasteiger partial charge in [-0.05, 0) is 6.92 Å². The quantitative estimate of drug-likeness (QED) is 0.323. The van der Waals surface area contributed by atoms with Gasteiger partial charge in [0.25, 0.3) is 5.91 Å². The van der Waals surface area contributed by atoms with Crippen molar-refractivity contribution in [3.63, 3.8) is 0 Å². The van der Waals surface area contributed by atoms with E-state index in [1.165, 1.54) is 17.5 Å². The average molecular weight is 256 g/mol. The van der Waals surface area contributed by atoms with Crippen LogP contribution in [-0.2, 0) is 0 Å². The van der Waals surface area contributed by atoms with E-state index in [0.29, 0.717) is 11.4 Å². The molecule has 1 rings (SSSR count). The minimum atomic E-state index is -0.593. The third kappa shape index (κ3) is 3.42. The van der Waals surface area contributed by atoms with Gasteiger partial charge in [0.1, 0.15) is 10.7 Å². The van der Waals surface area contributed by atoms with Crippen LogP contribution in [0.3, 0.4) is 0 Å². The summed E-state index contributed by atoms with van der Waals surface area (Å²) in [4.78, 5) is 16.3. The molecule has 0 bridgehead atoms. The number of aryl methyl sites for hydroxylation is 1. The summed E-state index contributed by atoms with van der Waals surface area (Å²) in [6.07, 6.45) is 1.53. The van der Waals surface area contributed by atoms with Crippen molar-refractivity contribution in [2.75, 3.05) is 6.54 Å². The smallest absolute Gasteiger partial charge is 0.263 e. The van der Waals surface area contributed by atoms with E-state index >= 15 is 0 Å². The van der Waals surface area contributed by atoms with Gasteiger partial charge >= 0.3 is 0 Å². The van der Waals surface area contributed by atoms with Crippen LogP contribution in [0.15, 0.2) is 11.4 Å². The van der Waals surface area contributed by atoms with E-state index < -0.39 is 5.41 Å². The highest BCUT2D eigenvalue weighted by atomic mass is 32.1. The van der Waals surface area contributed by atoms with E-state index in [1.807, 2.05) is 6.92 Å². The highest BCUT2D eigenvalue weighted by Gasteiger charge is 2.24. The van der Waals surface area contributed by atoms with Crippen molar-refractivity contribution in [3.05, 3.63) is 16.1 Å². The second-order valence-corrected chi connectivity index (χ2v) is 5.53. The van der Waals surface area contributed by atoms with E-state index in [-0.39, 0.29) is 11.7 Å². The van der Waals surface area contributed by atoms with Gasteiger partial charge in [-0.15, -0.1) is 11.3 Å². The van der Waals surface area contributed by atoms with Crippen molar-refractivity contribution in [2.45, 2.75) is 20.8 Å². The SMILES string of the molecule is Cc1ncc(C(=O)NCC(C)(C)/C(N)=N/O)s1. The molecule has 0 saturated heterocycles. The standard InChI is InChI=1S/C10H16N4O2S/c1-6-12-4-7(17-6)8(15)13-5-10(2,3)9(11)14-16/h4,16H,5H2,1-3H3,(H2,11,14)(H,13,15). The van der Waals surface area contributed by atoms with Crippen LogP contribution >= 0.6 is 11.3 Å². The molecule has 6 nitrogen and oxygen atoms in total. The Kier molecular flexibility index (Phi) is 4.06. The van der Waals surface area contributed by atoms with Gasteiger partial charge in [0, 0.05) is 12.0 Å². The maximum Gasteiger partial charge on any atom is 0.263 e. The van der Waals surface area contributed by atoms with Crippen molar-refractivity contribution < 1.29 is 10.0 Å². The van der Waals surface area contributed by atoms with Crippen LogP contribution in [-0.4, -0.2) is 28.5 Å². The van der Waals surface area contributed by atoms with Crippen LogP contribution in [0.4, 0.5) is 0 Å². The normalized spacial score (nSPS) is 12.5. The number of hydrogen-bond donors (Lipinski definition) is 3. The molecule has 1 aromatic rings. The summed E-state index contributed by atoms with van der Waals surface area (Å²) in [5.41, 5.74) is 4.93. The molecule has 4 N–H and O–H groups in total. The zero-order valence-corrected chi connectivity index (χ0v) is 10.8. The Morgan fingerprint density at radius 1 is 1.71 bits per heavy atom. The van der Waals surface area contributed by atoms with Gasteiger partial charge in [0.2, 0.25) is 0 Å². The second kappa shape index (κ2) is 5.13. The molecule has 0 aliphatic carbocycles. The molecule has 0 aliphatic heterocycles. The van der Waals surface area contributed by atoms with Gasteiger partial charge < -0.3 is 16.3 Å². The molecule has 0 atom stereocenters. The number of aromatic nitrogens is 1. The van der Waals surface area contributed by atoms with E-state index in [4.69, 9.17) is 10.9 Å². The van der Waals surface area contributed by atoms with Crippen molar-refractivity contribution in [3.8, 4) is 0 Å². The van der Waals surface area contributed by atoms with Gasteiger partial charge in [-0.25, -0.2) is 4.98 Å². The first-order valence-corrected chi connectivity index (χ1v) is 5.87. The molecule has 17 heavy (non-hydrogen) atoms. The lowest BCUT2D eigenvalue weighted by Crippen LogP contribution is -2.42. The van der Waals surface area contributed by atoms with Crippen LogP contribution in [0.2, 0.25) is 0 Å². The van der Waals surface area contributed by atoms with Crippen molar-refractivity contribution in [1.29, 1.82) is 0 Å². The molecular formula is C10H16N4O2S. The Labute approximate surface area is 104 Å². The highest BCUT2D eigenvalue weighted by Crippen LogP contribution is 2.15. The second-order valence-electron chi connectivity index (χ2n) is 4.30. The number of amidine groups is 1. The number of hydrogen-bond acceptors (Lipinski definition) is 5. The number of carbonyl (C=O) groups is 1. The van der Waals surface area contributed by atoms with Crippen LogP contribution in [0.5, 0.6) is 0 Å². The van der Waals surface area contributed by atoms with Crippen LogP contribution in [0.1, 0.15) is 28.5 Å². The zero-order chi connectivity index (χ0) is 13.1. The minimum absolute atomic E-state index is 0.0817. The number of nitrogens with two attached hydrogens (primary N) is 1.